The van der Waals surface area contributed by atoms with E-state index in [1.807, 2.05) is 32.1 Å². The number of hydrogen-bond acceptors (Lipinski definition) is 11. The van der Waals surface area contributed by atoms with E-state index in [0.717, 1.165) is 18.8 Å². The Morgan fingerprint density at radius 2 is 1.60 bits per heavy atom. The maximum Gasteiger partial charge on any atom is 0.342 e. The van der Waals surface area contributed by atoms with Gasteiger partial charge in [0.1, 0.15) is 5.58 Å². The van der Waals surface area contributed by atoms with Gasteiger partial charge in [0.25, 0.3) is 0 Å². The van der Waals surface area contributed by atoms with Crippen LogP contribution in [-0.2, 0) is 11.8 Å². The highest BCUT2D eigenvalue weighted by molar-refractivity contribution is 5.90. The van der Waals surface area contributed by atoms with Crippen molar-refractivity contribution in [1.29, 1.82) is 21.0 Å². The lowest BCUT2D eigenvalue weighted by atomic mass is 9.50. The van der Waals surface area contributed by atoms with Gasteiger partial charge in [-0.3, -0.25) is 0 Å². The highest BCUT2D eigenvalue weighted by Crippen LogP contribution is 2.56. The number of anilines is 1. The molecule has 214 valence electrons. The van der Waals surface area contributed by atoms with Gasteiger partial charge in [0.2, 0.25) is 11.2 Å². The van der Waals surface area contributed by atoms with Gasteiger partial charge in [0, 0.05) is 47.1 Å². The van der Waals surface area contributed by atoms with E-state index < -0.39 is 33.6 Å². The SMILES string of the molecule is CCN(CC)c1ccc2cc(C3Cc4c(c(=O)oc5c(OC)c(OC)ccc45)C(C#N)(C#N)C3(C#N)C#N)c(=O)oc2c1. The first kappa shape index (κ1) is 28.7. The van der Waals surface area contributed by atoms with E-state index in [-0.39, 0.29) is 34.6 Å². The molecule has 1 aliphatic rings. The van der Waals surface area contributed by atoms with Gasteiger partial charge in [-0.05, 0) is 56.2 Å². The van der Waals surface area contributed by atoms with Crippen LogP contribution >= 0.6 is 0 Å². The van der Waals surface area contributed by atoms with Crippen molar-refractivity contribution in [2.75, 3.05) is 32.2 Å². The molecule has 2 aromatic heterocycles. The molecule has 11 heteroatoms. The van der Waals surface area contributed by atoms with Crippen molar-refractivity contribution in [3.8, 4) is 35.8 Å². The number of rotatable bonds is 6. The van der Waals surface area contributed by atoms with Crippen molar-refractivity contribution < 1.29 is 18.3 Å². The molecule has 0 radical (unpaired) electrons. The molecule has 43 heavy (non-hydrogen) atoms. The number of methoxy groups -OCH3 is 2. The summed E-state index contributed by atoms with van der Waals surface area (Å²) in [5.41, 5.74) is -6.20. The molecular formula is C32H25N5O6. The monoisotopic (exact) mass is 575 g/mol. The van der Waals surface area contributed by atoms with Crippen LogP contribution in [0.15, 0.2) is 54.8 Å². The average Bonchev–Trinajstić information content (AvgIpc) is 3.03. The predicted octanol–water partition coefficient (Wildman–Crippen LogP) is 4.42. The lowest BCUT2D eigenvalue weighted by Gasteiger charge is -2.42. The standard InChI is InChI=1S/C32H25N5O6/c1-5-37(6-2)19-8-7-18-11-22(29(38)42-25(18)12-19)23-13-21-20-9-10-24(40-3)28(41-4)27(20)43-30(39)26(21)32(16-35,17-36)31(23,14-33)15-34/h7-12,23H,5-6,13H2,1-4H3. The second-order valence-electron chi connectivity index (χ2n) is 10.1. The summed E-state index contributed by atoms with van der Waals surface area (Å²) in [5.74, 6) is -0.974. The maximum absolute atomic E-state index is 13.6. The minimum Gasteiger partial charge on any atom is -0.493 e. The summed E-state index contributed by atoms with van der Waals surface area (Å²) in [6.45, 7) is 5.48. The molecule has 0 aliphatic heterocycles. The number of benzene rings is 2. The second kappa shape index (κ2) is 10.6. The Balaban J connectivity index is 1.87. The first-order chi connectivity index (χ1) is 20.7. The molecule has 1 aliphatic carbocycles. The fourth-order valence-electron chi connectivity index (χ4n) is 6.20. The summed E-state index contributed by atoms with van der Waals surface area (Å²) < 4.78 is 22.1. The van der Waals surface area contributed by atoms with Gasteiger partial charge >= 0.3 is 11.3 Å². The van der Waals surface area contributed by atoms with Crippen LogP contribution in [-0.4, -0.2) is 27.3 Å². The highest BCUT2D eigenvalue weighted by atomic mass is 16.5. The predicted molar refractivity (Wildman–Crippen MR) is 155 cm³/mol. The number of nitrogens with zero attached hydrogens (tertiary/aromatic N) is 5. The third-order valence-corrected chi connectivity index (χ3v) is 8.36. The zero-order chi connectivity index (χ0) is 31.1. The minimum absolute atomic E-state index is 0.00924. The highest BCUT2D eigenvalue weighted by Gasteiger charge is 2.66. The molecule has 0 bridgehead atoms. The zero-order valence-electron chi connectivity index (χ0n) is 23.8. The van der Waals surface area contributed by atoms with Crippen molar-refractivity contribution in [1.82, 2.24) is 0 Å². The summed E-state index contributed by atoms with van der Waals surface area (Å²) in [6.07, 6.45) is -0.229. The molecule has 0 saturated heterocycles. The van der Waals surface area contributed by atoms with E-state index in [9.17, 15) is 30.6 Å². The van der Waals surface area contributed by atoms with Crippen LogP contribution in [0.3, 0.4) is 0 Å². The van der Waals surface area contributed by atoms with E-state index in [1.54, 1.807) is 36.4 Å². The summed E-state index contributed by atoms with van der Waals surface area (Å²) >= 11 is 0. The molecule has 0 saturated carbocycles. The van der Waals surface area contributed by atoms with Crippen molar-refractivity contribution in [2.24, 2.45) is 5.41 Å². The largest absolute Gasteiger partial charge is 0.493 e. The molecular weight excluding hydrogens is 550 g/mol. The van der Waals surface area contributed by atoms with Gasteiger partial charge in [-0.2, -0.15) is 21.0 Å². The van der Waals surface area contributed by atoms with Gasteiger partial charge in [0.05, 0.1) is 44.1 Å². The molecule has 4 aromatic rings. The molecule has 11 nitrogen and oxygen atoms in total. The second-order valence-corrected chi connectivity index (χ2v) is 10.1. The molecule has 0 amide bonds. The van der Waals surface area contributed by atoms with Gasteiger partial charge in [-0.25, -0.2) is 9.59 Å². The topological polar surface area (TPSA) is 177 Å². The summed E-state index contributed by atoms with van der Waals surface area (Å²) in [7, 11) is 2.77. The first-order valence-electron chi connectivity index (χ1n) is 13.4. The first-order valence-corrected chi connectivity index (χ1v) is 13.4. The van der Waals surface area contributed by atoms with Crippen LogP contribution in [0.1, 0.15) is 36.5 Å². The van der Waals surface area contributed by atoms with E-state index in [0.29, 0.717) is 16.4 Å². The molecule has 0 spiro atoms. The fraction of sp³-hybridized carbons (Fsp3) is 0.312. The van der Waals surface area contributed by atoms with Crippen molar-refractivity contribution >= 4 is 27.6 Å². The third kappa shape index (κ3) is 3.83. The van der Waals surface area contributed by atoms with Gasteiger partial charge < -0.3 is 23.2 Å². The normalized spacial score (nSPS) is 16.2. The molecule has 2 aromatic carbocycles. The quantitative estimate of drug-likeness (QED) is 0.297. The lowest BCUT2D eigenvalue weighted by Crippen LogP contribution is -2.53. The minimum atomic E-state index is -2.62. The van der Waals surface area contributed by atoms with Crippen LogP contribution in [0.4, 0.5) is 5.69 Å². The Morgan fingerprint density at radius 3 is 2.19 bits per heavy atom. The molecule has 0 N–H and O–H groups in total. The van der Waals surface area contributed by atoms with Crippen molar-refractivity contribution in [3.05, 3.63) is 73.9 Å². The van der Waals surface area contributed by atoms with E-state index >= 15 is 0 Å². The van der Waals surface area contributed by atoms with Gasteiger partial charge in [-0.15, -0.1) is 0 Å². The number of ether oxygens (including phenoxy) is 2. The Labute approximate surface area is 245 Å². The molecule has 1 unspecified atom stereocenters. The maximum atomic E-state index is 13.6. The number of fused-ring (bicyclic) bond motifs is 4. The average molecular weight is 576 g/mol. The van der Waals surface area contributed by atoms with Crippen LogP contribution in [0.2, 0.25) is 0 Å². The van der Waals surface area contributed by atoms with Crippen molar-refractivity contribution in [3.63, 3.8) is 0 Å². The van der Waals surface area contributed by atoms with Crippen LogP contribution < -0.4 is 25.6 Å². The third-order valence-electron chi connectivity index (χ3n) is 8.36. The van der Waals surface area contributed by atoms with Crippen LogP contribution in [0, 0.1) is 50.7 Å². The number of hydrogen-bond donors (Lipinski definition) is 0. The van der Waals surface area contributed by atoms with E-state index in [4.69, 9.17) is 18.3 Å². The van der Waals surface area contributed by atoms with Gasteiger partial charge in [-0.1, -0.05) is 0 Å². The summed E-state index contributed by atoms with van der Waals surface area (Å²) in [5, 5.41) is 42.9. The fourth-order valence-corrected chi connectivity index (χ4v) is 6.20. The van der Waals surface area contributed by atoms with Crippen LogP contribution in [0.25, 0.3) is 21.9 Å². The summed E-state index contributed by atoms with van der Waals surface area (Å²) in [6, 6.07) is 17.3. The molecule has 1 atom stereocenters. The Bertz CT molecular complexity index is 2050. The van der Waals surface area contributed by atoms with E-state index in [2.05, 4.69) is 4.90 Å². The van der Waals surface area contributed by atoms with E-state index in [1.165, 1.54) is 20.3 Å². The Kier molecular flexibility index (Phi) is 7.06. The Morgan fingerprint density at radius 1 is 0.907 bits per heavy atom. The van der Waals surface area contributed by atoms with Crippen LogP contribution in [0.5, 0.6) is 11.5 Å². The van der Waals surface area contributed by atoms with Gasteiger partial charge in [0.15, 0.2) is 16.7 Å². The smallest absolute Gasteiger partial charge is 0.342 e. The molecule has 5 rings (SSSR count). The molecule has 0 fully saturated rings. The number of nitriles is 4. The zero-order valence-corrected chi connectivity index (χ0v) is 23.8. The van der Waals surface area contributed by atoms with Crippen molar-refractivity contribution in [2.45, 2.75) is 31.6 Å². The molecule has 2 heterocycles. The summed E-state index contributed by atoms with van der Waals surface area (Å²) in [4.78, 5) is 29.2. The lowest BCUT2D eigenvalue weighted by molar-refractivity contribution is 0.281. The Hall–Kier alpha value is -5.78.